The number of hydrogen-bond donors (Lipinski definition) is 1. The van der Waals surface area contributed by atoms with Gasteiger partial charge in [-0.3, -0.25) is 0 Å². The molecule has 2 heteroatoms. The van der Waals surface area contributed by atoms with Crippen LogP contribution in [-0.4, -0.2) is 12.6 Å². The first-order valence-corrected chi connectivity index (χ1v) is 8.69. The van der Waals surface area contributed by atoms with Crippen LogP contribution in [0.3, 0.4) is 0 Å². The molecule has 1 atom stereocenters. The molecule has 1 aliphatic rings. The van der Waals surface area contributed by atoms with E-state index in [1.165, 1.54) is 44.1 Å². The van der Waals surface area contributed by atoms with Crippen LogP contribution >= 0.6 is 0 Å². The molecule has 1 unspecified atom stereocenters. The van der Waals surface area contributed by atoms with E-state index in [-0.39, 0.29) is 6.10 Å². The predicted molar refractivity (Wildman–Crippen MR) is 89.8 cm³/mol. The second kappa shape index (κ2) is 8.43. The molecule has 0 spiro atoms. The zero-order valence-corrected chi connectivity index (χ0v) is 13.9. The summed E-state index contributed by atoms with van der Waals surface area (Å²) >= 11 is 0. The molecule has 0 amide bonds. The van der Waals surface area contributed by atoms with Crippen LogP contribution in [0.25, 0.3) is 0 Å². The van der Waals surface area contributed by atoms with Crippen molar-refractivity contribution in [3.05, 3.63) is 29.8 Å². The highest BCUT2D eigenvalue weighted by Crippen LogP contribution is 2.32. The Kier molecular flexibility index (Phi) is 6.56. The Morgan fingerprint density at radius 1 is 1.10 bits per heavy atom. The van der Waals surface area contributed by atoms with Crippen LogP contribution in [0.4, 0.5) is 0 Å². The van der Waals surface area contributed by atoms with Gasteiger partial charge in [0.25, 0.3) is 0 Å². The lowest BCUT2D eigenvalue weighted by molar-refractivity contribution is 0.242. The molecule has 1 aromatic carbocycles. The van der Waals surface area contributed by atoms with Gasteiger partial charge >= 0.3 is 0 Å². The average molecular weight is 289 g/mol. The van der Waals surface area contributed by atoms with E-state index in [0.717, 1.165) is 18.2 Å². The van der Waals surface area contributed by atoms with Gasteiger partial charge in [0, 0.05) is 6.04 Å². The number of hydrogen-bond acceptors (Lipinski definition) is 2. The predicted octanol–water partition coefficient (Wildman–Crippen LogP) is 5.09. The zero-order valence-electron chi connectivity index (χ0n) is 13.9. The van der Waals surface area contributed by atoms with Crippen LogP contribution < -0.4 is 10.1 Å². The van der Waals surface area contributed by atoms with Gasteiger partial charge in [-0.15, -0.1) is 0 Å². The SMILES string of the molecule is CCNC(CC1CCCCC1)c1ccc(OC(C)C)cc1. The molecule has 2 nitrogen and oxygen atoms in total. The monoisotopic (exact) mass is 289 g/mol. The molecule has 0 aliphatic heterocycles. The lowest BCUT2D eigenvalue weighted by Gasteiger charge is -2.27. The van der Waals surface area contributed by atoms with Crippen LogP contribution in [0.2, 0.25) is 0 Å². The number of ether oxygens (including phenoxy) is 1. The smallest absolute Gasteiger partial charge is 0.119 e. The fourth-order valence-electron chi connectivity index (χ4n) is 3.39. The summed E-state index contributed by atoms with van der Waals surface area (Å²) in [5.41, 5.74) is 1.40. The summed E-state index contributed by atoms with van der Waals surface area (Å²) < 4.78 is 5.74. The minimum atomic E-state index is 0.239. The van der Waals surface area contributed by atoms with Gasteiger partial charge in [-0.1, -0.05) is 51.2 Å². The summed E-state index contributed by atoms with van der Waals surface area (Å²) in [4.78, 5) is 0. The summed E-state index contributed by atoms with van der Waals surface area (Å²) in [5.74, 6) is 1.87. The molecule has 1 N–H and O–H groups in total. The minimum Gasteiger partial charge on any atom is -0.491 e. The van der Waals surface area contributed by atoms with Crippen LogP contribution in [0.15, 0.2) is 24.3 Å². The highest BCUT2D eigenvalue weighted by molar-refractivity contribution is 5.29. The van der Waals surface area contributed by atoms with E-state index in [1.54, 1.807) is 0 Å². The molecule has 0 bridgehead atoms. The summed E-state index contributed by atoms with van der Waals surface area (Å²) in [5, 5.41) is 3.67. The van der Waals surface area contributed by atoms with Gasteiger partial charge in [0.1, 0.15) is 5.75 Å². The molecule has 1 aliphatic carbocycles. The Morgan fingerprint density at radius 3 is 2.33 bits per heavy atom. The lowest BCUT2D eigenvalue weighted by atomic mass is 9.83. The van der Waals surface area contributed by atoms with Crippen molar-refractivity contribution in [1.82, 2.24) is 5.32 Å². The number of rotatable bonds is 7. The Hall–Kier alpha value is -1.02. The van der Waals surface area contributed by atoms with Gasteiger partial charge in [0.2, 0.25) is 0 Å². The van der Waals surface area contributed by atoms with Gasteiger partial charge in [-0.05, 0) is 50.4 Å². The Balaban J connectivity index is 1.99. The molecule has 118 valence electrons. The summed E-state index contributed by atoms with van der Waals surface area (Å²) in [6, 6.07) is 9.18. The van der Waals surface area contributed by atoms with Crippen LogP contribution in [0.5, 0.6) is 5.75 Å². The number of benzene rings is 1. The third-order valence-electron chi connectivity index (χ3n) is 4.40. The first kappa shape index (κ1) is 16.4. The molecule has 0 aromatic heterocycles. The summed E-state index contributed by atoms with van der Waals surface area (Å²) in [7, 11) is 0. The van der Waals surface area contributed by atoms with Crippen molar-refractivity contribution < 1.29 is 4.74 Å². The van der Waals surface area contributed by atoms with Crippen LogP contribution in [-0.2, 0) is 0 Å². The van der Waals surface area contributed by atoms with Crippen molar-refractivity contribution in [3.63, 3.8) is 0 Å². The van der Waals surface area contributed by atoms with Crippen LogP contribution in [0.1, 0.15) is 70.9 Å². The molecular weight excluding hydrogens is 258 g/mol. The number of nitrogens with one attached hydrogen (secondary N) is 1. The van der Waals surface area contributed by atoms with E-state index in [4.69, 9.17) is 4.74 Å². The van der Waals surface area contributed by atoms with Crippen LogP contribution in [0, 0.1) is 5.92 Å². The Bertz CT molecular complexity index is 393. The first-order valence-electron chi connectivity index (χ1n) is 8.69. The maximum atomic E-state index is 5.74. The largest absolute Gasteiger partial charge is 0.491 e. The molecule has 0 saturated heterocycles. The highest BCUT2D eigenvalue weighted by Gasteiger charge is 2.19. The molecule has 0 radical (unpaired) electrons. The maximum Gasteiger partial charge on any atom is 0.119 e. The molecule has 1 saturated carbocycles. The second-order valence-corrected chi connectivity index (χ2v) is 6.59. The normalized spacial score (nSPS) is 17.9. The molecule has 1 fully saturated rings. The topological polar surface area (TPSA) is 21.3 Å². The average Bonchev–Trinajstić information content (AvgIpc) is 2.48. The fourth-order valence-corrected chi connectivity index (χ4v) is 3.39. The van der Waals surface area contributed by atoms with Gasteiger partial charge in [0.05, 0.1) is 6.10 Å². The molecule has 21 heavy (non-hydrogen) atoms. The van der Waals surface area contributed by atoms with Crippen molar-refractivity contribution in [2.45, 2.75) is 71.4 Å². The Labute approximate surface area is 130 Å². The zero-order chi connectivity index (χ0) is 15.1. The molecule has 1 aromatic rings. The van der Waals surface area contributed by atoms with Crippen molar-refractivity contribution >= 4 is 0 Å². The van der Waals surface area contributed by atoms with E-state index in [2.05, 4.69) is 50.4 Å². The summed E-state index contributed by atoms with van der Waals surface area (Å²) in [6.45, 7) is 7.36. The van der Waals surface area contributed by atoms with E-state index in [0.29, 0.717) is 6.04 Å². The van der Waals surface area contributed by atoms with Gasteiger partial charge < -0.3 is 10.1 Å². The van der Waals surface area contributed by atoms with Gasteiger partial charge in [-0.25, -0.2) is 0 Å². The van der Waals surface area contributed by atoms with Crippen molar-refractivity contribution in [2.75, 3.05) is 6.54 Å². The van der Waals surface area contributed by atoms with E-state index in [9.17, 15) is 0 Å². The first-order chi connectivity index (χ1) is 10.2. The third kappa shape index (κ3) is 5.35. The second-order valence-electron chi connectivity index (χ2n) is 6.59. The Morgan fingerprint density at radius 2 is 1.76 bits per heavy atom. The van der Waals surface area contributed by atoms with Crippen molar-refractivity contribution in [3.8, 4) is 5.75 Å². The van der Waals surface area contributed by atoms with E-state index in [1.807, 2.05) is 0 Å². The minimum absolute atomic E-state index is 0.239. The standard InChI is InChI=1S/C19H31NO/c1-4-20-19(14-16-8-6-5-7-9-16)17-10-12-18(13-11-17)21-15(2)3/h10-13,15-16,19-20H,4-9,14H2,1-3H3. The van der Waals surface area contributed by atoms with E-state index >= 15 is 0 Å². The van der Waals surface area contributed by atoms with Gasteiger partial charge in [-0.2, -0.15) is 0 Å². The van der Waals surface area contributed by atoms with E-state index < -0.39 is 0 Å². The van der Waals surface area contributed by atoms with Gasteiger partial charge in [0.15, 0.2) is 0 Å². The third-order valence-corrected chi connectivity index (χ3v) is 4.40. The summed E-state index contributed by atoms with van der Waals surface area (Å²) in [6.07, 6.45) is 8.62. The quantitative estimate of drug-likeness (QED) is 0.754. The molecule has 0 heterocycles. The fraction of sp³-hybridized carbons (Fsp3) is 0.684. The van der Waals surface area contributed by atoms with Crippen molar-refractivity contribution in [1.29, 1.82) is 0 Å². The molecular formula is C19H31NO. The lowest BCUT2D eigenvalue weighted by Crippen LogP contribution is -2.24. The highest BCUT2D eigenvalue weighted by atomic mass is 16.5. The molecule has 2 rings (SSSR count). The maximum absolute atomic E-state index is 5.74. The van der Waals surface area contributed by atoms with Crippen molar-refractivity contribution in [2.24, 2.45) is 5.92 Å².